The fraction of sp³-hybridized carbons (Fsp3) is 0.455. The van der Waals surface area contributed by atoms with Gasteiger partial charge in [0.05, 0.1) is 0 Å². The van der Waals surface area contributed by atoms with E-state index in [1.54, 1.807) is 12.3 Å². The van der Waals surface area contributed by atoms with Gasteiger partial charge in [-0.15, -0.1) is 24.8 Å². The summed E-state index contributed by atoms with van der Waals surface area (Å²) in [6, 6.07) is 3.64. The molecule has 0 radical (unpaired) electrons. The van der Waals surface area contributed by atoms with Crippen LogP contribution in [0.2, 0.25) is 0 Å². The summed E-state index contributed by atoms with van der Waals surface area (Å²) in [5, 5.41) is 5.82. The third-order valence-electron chi connectivity index (χ3n) is 2.12. The number of hydrogen-bond donors (Lipinski definition) is 2. The molecule has 0 bridgehead atoms. The van der Waals surface area contributed by atoms with Crippen LogP contribution in [0.3, 0.4) is 0 Å². The van der Waals surface area contributed by atoms with Crippen molar-refractivity contribution in [3.05, 3.63) is 24.0 Å². The highest BCUT2D eigenvalue weighted by Crippen LogP contribution is 2.08. The number of pyridine rings is 1. The minimum atomic E-state index is -0.0385. The van der Waals surface area contributed by atoms with E-state index in [1.807, 2.05) is 27.0 Å². The topological polar surface area (TPSA) is 54.0 Å². The second-order valence-corrected chi connectivity index (χ2v) is 3.63. The Hall–Kier alpha value is -0.840. The fourth-order valence-electron chi connectivity index (χ4n) is 1.29. The highest BCUT2D eigenvalue weighted by Gasteiger charge is 2.11. The van der Waals surface area contributed by atoms with Crippen LogP contribution in [0.15, 0.2) is 18.3 Å². The number of amides is 1. The van der Waals surface area contributed by atoms with Crippen LogP contribution in [0.4, 0.5) is 5.69 Å². The molecule has 17 heavy (non-hydrogen) atoms. The molecule has 0 fully saturated rings. The van der Waals surface area contributed by atoms with E-state index in [4.69, 9.17) is 0 Å². The smallest absolute Gasteiger partial charge is 0.228 e. The molecule has 0 saturated heterocycles. The highest BCUT2D eigenvalue weighted by atomic mass is 35.5. The fourth-order valence-corrected chi connectivity index (χ4v) is 1.29. The molecule has 6 heteroatoms. The van der Waals surface area contributed by atoms with Gasteiger partial charge >= 0.3 is 0 Å². The van der Waals surface area contributed by atoms with E-state index >= 15 is 0 Å². The molecule has 0 aliphatic heterocycles. The number of carbonyl (C=O) groups excluding carboxylic acids is 1. The lowest BCUT2D eigenvalue weighted by Crippen LogP contribution is -2.28. The minimum Gasteiger partial charge on any atom is -0.326 e. The van der Waals surface area contributed by atoms with Crippen molar-refractivity contribution in [3.8, 4) is 0 Å². The van der Waals surface area contributed by atoms with Gasteiger partial charge in [-0.25, -0.2) is 0 Å². The second-order valence-electron chi connectivity index (χ2n) is 3.63. The summed E-state index contributed by atoms with van der Waals surface area (Å²) in [6.45, 7) is 4.46. The van der Waals surface area contributed by atoms with Gasteiger partial charge in [0.1, 0.15) is 0 Å². The van der Waals surface area contributed by atoms with E-state index in [9.17, 15) is 4.79 Å². The van der Waals surface area contributed by atoms with Crippen molar-refractivity contribution in [2.75, 3.05) is 18.9 Å². The molecule has 1 amide bonds. The Bertz CT molecular complexity index is 347. The van der Waals surface area contributed by atoms with E-state index in [0.29, 0.717) is 6.54 Å². The SMILES string of the molecule is CNCC(C)C(=O)Nc1ccnc(C)c1.Cl.Cl. The van der Waals surface area contributed by atoms with Gasteiger partial charge in [-0.05, 0) is 26.1 Å². The summed E-state index contributed by atoms with van der Waals surface area (Å²) in [7, 11) is 1.83. The lowest BCUT2D eigenvalue weighted by molar-refractivity contribution is -0.119. The number of hydrogen-bond acceptors (Lipinski definition) is 3. The lowest BCUT2D eigenvalue weighted by atomic mass is 10.1. The van der Waals surface area contributed by atoms with Gasteiger partial charge in [-0.2, -0.15) is 0 Å². The number of nitrogens with zero attached hydrogens (tertiary/aromatic N) is 1. The summed E-state index contributed by atoms with van der Waals surface area (Å²) in [6.07, 6.45) is 1.69. The maximum Gasteiger partial charge on any atom is 0.228 e. The monoisotopic (exact) mass is 279 g/mol. The first kappa shape index (κ1) is 18.5. The predicted molar refractivity (Wildman–Crippen MR) is 75.2 cm³/mol. The number of nitrogens with one attached hydrogen (secondary N) is 2. The van der Waals surface area contributed by atoms with Crippen molar-refractivity contribution in [1.82, 2.24) is 10.3 Å². The molecule has 0 saturated carbocycles. The molecular formula is C11H19Cl2N3O. The molecule has 2 N–H and O–H groups in total. The van der Waals surface area contributed by atoms with Crippen LogP contribution in [0.25, 0.3) is 0 Å². The van der Waals surface area contributed by atoms with Crippen LogP contribution in [-0.4, -0.2) is 24.5 Å². The number of rotatable bonds is 4. The number of aromatic nitrogens is 1. The first-order valence-electron chi connectivity index (χ1n) is 5.01. The van der Waals surface area contributed by atoms with Crippen LogP contribution < -0.4 is 10.6 Å². The molecule has 0 spiro atoms. The van der Waals surface area contributed by atoms with Gasteiger partial charge in [0.2, 0.25) is 5.91 Å². The van der Waals surface area contributed by atoms with E-state index in [2.05, 4.69) is 15.6 Å². The van der Waals surface area contributed by atoms with Crippen molar-refractivity contribution in [2.24, 2.45) is 5.92 Å². The van der Waals surface area contributed by atoms with Crippen molar-refractivity contribution >= 4 is 36.4 Å². The van der Waals surface area contributed by atoms with Crippen LogP contribution in [-0.2, 0) is 4.79 Å². The average molecular weight is 280 g/mol. The zero-order valence-electron chi connectivity index (χ0n) is 10.2. The molecule has 1 unspecified atom stereocenters. The standard InChI is InChI=1S/C11H17N3O.2ClH/c1-8(7-12-3)11(15)14-10-4-5-13-9(2)6-10;;/h4-6,8,12H,7H2,1-3H3,(H,13,14,15);2*1H. The minimum absolute atomic E-state index is 0. The Morgan fingerprint density at radius 2 is 2.12 bits per heavy atom. The molecule has 1 aromatic rings. The molecule has 0 aromatic carbocycles. The molecule has 1 aromatic heterocycles. The summed E-state index contributed by atoms with van der Waals surface area (Å²) < 4.78 is 0. The van der Waals surface area contributed by atoms with Gasteiger partial charge in [0.25, 0.3) is 0 Å². The average Bonchev–Trinajstić information content (AvgIpc) is 2.18. The maximum absolute atomic E-state index is 11.6. The first-order valence-corrected chi connectivity index (χ1v) is 5.01. The highest BCUT2D eigenvalue weighted by molar-refractivity contribution is 5.92. The van der Waals surface area contributed by atoms with Crippen LogP contribution in [0.1, 0.15) is 12.6 Å². The third-order valence-corrected chi connectivity index (χ3v) is 2.12. The van der Waals surface area contributed by atoms with Crippen LogP contribution in [0.5, 0.6) is 0 Å². The van der Waals surface area contributed by atoms with Gasteiger partial charge in [0, 0.05) is 30.0 Å². The molecule has 98 valence electrons. The Morgan fingerprint density at radius 3 is 2.65 bits per heavy atom. The van der Waals surface area contributed by atoms with Crippen molar-refractivity contribution in [1.29, 1.82) is 0 Å². The van der Waals surface area contributed by atoms with E-state index in [0.717, 1.165) is 11.4 Å². The Balaban J connectivity index is 0. The van der Waals surface area contributed by atoms with Crippen molar-refractivity contribution in [2.45, 2.75) is 13.8 Å². The molecule has 1 rings (SSSR count). The van der Waals surface area contributed by atoms with E-state index in [1.165, 1.54) is 0 Å². The van der Waals surface area contributed by atoms with Crippen molar-refractivity contribution < 1.29 is 4.79 Å². The van der Waals surface area contributed by atoms with Gasteiger partial charge in [-0.3, -0.25) is 9.78 Å². The zero-order valence-corrected chi connectivity index (χ0v) is 11.8. The summed E-state index contributed by atoms with van der Waals surface area (Å²) in [4.78, 5) is 15.7. The molecule has 4 nitrogen and oxygen atoms in total. The summed E-state index contributed by atoms with van der Waals surface area (Å²) in [5.41, 5.74) is 1.70. The Morgan fingerprint density at radius 1 is 1.47 bits per heavy atom. The first-order chi connectivity index (χ1) is 7.13. The van der Waals surface area contributed by atoms with E-state index in [-0.39, 0.29) is 36.6 Å². The summed E-state index contributed by atoms with van der Waals surface area (Å²) in [5.74, 6) is -0.0154. The molecule has 0 aliphatic rings. The molecule has 0 aliphatic carbocycles. The lowest BCUT2D eigenvalue weighted by Gasteiger charge is -2.11. The van der Waals surface area contributed by atoms with Crippen LogP contribution >= 0.6 is 24.8 Å². The second kappa shape index (κ2) is 9.22. The molecule has 1 heterocycles. The largest absolute Gasteiger partial charge is 0.326 e. The predicted octanol–water partition coefficient (Wildman–Crippen LogP) is 2.03. The summed E-state index contributed by atoms with van der Waals surface area (Å²) >= 11 is 0. The Kier molecular flexibility index (Phi) is 10.0. The van der Waals surface area contributed by atoms with Gasteiger partial charge < -0.3 is 10.6 Å². The van der Waals surface area contributed by atoms with Gasteiger partial charge in [-0.1, -0.05) is 6.92 Å². The normalized spacial score (nSPS) is 10.8. The third kappa shape index (κ3) is 6.46. The molecular weight excluding hydrogens is 261 g/mol. The number of carbonyl (C=O) groups is 1. The molecule has 1 atom stereocenters. The number of anilines is 1. The quantitative estimate of drug-likeness (QED) is 0.887. The Labute approximate surface area is 114 Å². The maximum atomic E-state index is 11.6. The number of halogens is 2. The van der Waals surface area contributed by atoms with Crippen LogP contribution in [0, 0.1) is 12.8 Å². The van der Waals surface area contributed by atoms with Gasteiger partial charge in [0.15, 0.2) is 0 Å². The zero-order chi connectivity index (χ0) is 11.3. The number of aryl methyl sites for hydroxylation is 1. The van der Waals surface area contributed by atoms with Crippen molar-refractivity contribution in [3.63, 3.8) is 0 Å². The van der Waals surface area contributed by atoms with E-state index < -0.39 is 0 Å².